The Kier molecular flexibility index (Phi) is 4.98. The van der Waals surface area contributed by atoms with Gasteiger partial charge in [0.15, 0.2) is 0 Å². The average molecular weight is 278 g/mol. The first-order chi connectivity index (χ1) is 9.71. The van der Waals surface area contributed by atoms with Crippen molar-refractivity contribution in [1.29, 1.82) is 0 Å². The maximum atomic E-state index is 12.3. The number of hydrogen-bond donors (Lipinski definition) is 1. The van der Waals surface area contributed by atoms with Gasteiger partial charge in [0.1, 0.15) is 11.9 Å². The SMILES string of the molecule is CCC1NC(c2ccc(OC)cc2)N(CCOC)C1=O. The van der Waals surface area contributed by atoms with Crippen molar-refractivity contribution >= 4 is 5.91 Å². The van der Waals surface area contributed by atoms with Crippen LogP contribution in [0.3, 0.4) is 0 Å². The molecule has 0 aromatic heterocycles. The summed E-state index contributed by atoms with van der Waals surface area (Å²) in [7, 11) is 3.29. The number of rotatable bonds is 6. The van der Waals surface area contributed by atoms with Gasteiger partial charge in [0, 0.05) is 13.7 Å². The fraction of sp³-hybridized carbons (Fsp3) is 0.533. The highest BCUT2D eigenvalue weighted by Crippen LogP contribution is 2.27. The summed E-state index contributed by atoms with van der Waals surface area (Å²) in [4.78, 5) is 14.2. The maximum absolute atomic E-state index is 12.3. The van der Waals surface area contributed by atoms with E-state index in [2.05, 4.69) is 5.32 Å². The first kappa shape index (κ1) is 14.8. The molecule has 1 aromatic rings. The number of amides is 1. The summed E-state index contributed by atoms with van der Waals surface area (Å²) in [6, 6.07) is 7.69. The summed E-state index contributed by atoms with van der Waals surface area (Å²) in [5, 5.41) is 3.38. The molecular weight excluding hydrogens is 256 g/mol. The van der Waals surface area contributed by atoms with E-state index in [0.29, 0.717) is 13.2 Å². The Morgan fingerprint density at radius 1 is 1.25 bits per heavy atom. The highest BCUT2D eigenvalue weighted by atomic mass is 16.5. The first-order valence-electron chi connectivity index (χ1n) is 6.90. The summed E-state index contributed by atoms with van der Waals surface area (Å²) in [5.74, 6) is 0.957. The van der Waals surface area contributed by atoms with Crippen LogP contribution >= 0.6 is 0 Å². The molecule has 0 aliphatic carbocycles. The predicted octanol–water partition coefficient (Wildman–Crippen LogP) is 1.55. The van der Waals surface area contributed by atoms with E-state index in [-0.39, 0.29) is 18.1 Å². The lowest BCUT2D eigenvalue weighted by Gasteiger charge is -2.24. The van der Waals surface area contributed by atoms with Gasteiger partial charge in [-0.15, -0.1) is 0 Å². The second kappa shape index (κ2) is 6.72. The molecule has 1 N–H and O–H groups in total. The van der Waals surface area contributed by atoms with Gasteiger partial charge in [-0.25, -0.2) is 0 Å². The monoisotopic (exact) mass is 278 g/mol. The van der Waals surface area contributed by atoms with Gasteiger partial charge in [0.05, 0.1) is 19.8 Å². The molecule has 0 bridgehead atoms. The van der Waals surface area contributed by atoms with Gasteiger partial charge in [-0.3, -0.25) is 10.1 Å². The molecule has 1 amide bonds. The molecule has 1 aliphatic rings. The van der Waals surface area contributed by atoms with Crippen molar-refractivity contribution in [2.24, 2.45) is 0 Å². The van der Waals surface area contributed by atoms with Gasteiger partial charge in [-0.2, -0.15) is 0 Å². The standard InChI is InChI=1S/C15H22N2O3/c1-4-13-15(18)17(9-10-19-2)14(16-13)11-5-7-12(20-3)8-6-11/h5-8,13-14,16H,4,9-10H2,1-3H3. The van der Waals surface area contributed by atoms with E-state index in [9.17, 15) is 4.79 Å². The molecule has 0 saturated carbocycles. The minimum atomic E-state index is -0.112. The second-order valence-electron chi connectivity index (χ2n) is 4.83. The topological polar surface area (TPSA) is 50.8 Å². The molecule has 1 fully saturated rings. The molecule has 0 radical (unpaired) electrons. The lowest BCUT2D eigenvalue weighted by molar-refractivity contribution is -0.130. The number of benzene rings is 1. The molecule has 110 valence electrons. The largest absolute Gasteiger partial charge is 0.497 e. The molecule has 2 atom stereocenters. The third-order valence-electron chi connectivity index (χ3n) is 3.63. The first-order valence-corrected chi connectivity index (χ1v) is 6.90. The number of nitrogens with zero attached hydrogens (tertiary/aromatic N) is 1. The van der Waals surface area contributed by atoms with E-state index in [1.807, 2.05) is 36.1 Å². The molecule has 1 aromatic carbocycles. The third-order valence-corrected chi connectivity index (χ3v) is 3.63. The lowest BCUT2D eigenvalue weighted by atomic mass is 10.1. The Morgan fingerprint density at radius 2 is 1.95 bits per heavy atom. The molecular formula is C15H22N2O3. The number of methoxy groups -OCH3 is 2. The Morgan fingerprint density at radius 3 is 2.50 bits per heavy atom. The van der Waals surface area contributed by atoms with E-state index in [4.69, 9.17) is 9.47 Å². The van der Waals surface area contributed by atoms with Crippen molar-refractivity contribution in [1.82, 2.24) is 10.2 Å². The normalized spacial score (nSPS) is 22.4. The fourth-order valence-electron chi connectivity index (χ4n) is 2.46. The second-order valence-corrected chi connectivity index (χ2v) is 4.83. The summed E-state index contributed by atoms with van der Waals surface area (Å²) in [5.41, 5.74) is 1.06. The third kappa shape index (κ3) is 2.94. The van der Waals surface area contributed by atoms with Crippen molar-refractivity contribution in [2.45, 2.75) is 25.6 Å². The van der Waals surface area contributed by atoms with E-state index < -0.39 is 0 Å². The van der Waals surface area contributed by atoms with Gasteiger partial charge in [0.2, 0.25) is 5.91 Å². The Hall–Kier alpha value is -1.59. The quantitative estimate of drug-likeness (QED) is 0.858. The smallest absolute Gasteiger partial charge is 0.241 e. The summed E-state index contributed by atoms with van der Waals surface area (Å²) >= 11 is 0. The number of hydrogen-bond acceptors (Lipinski definition) is 4. The fourth-order valence-corrected chi connectivity index (χ4v) is 2.46. The van der Waals surface area contributed by atoms with Gasteiger partial charge in [0.25, 0.3) is 0 Å². The highest BCUT2D eigenvalue weighted by Gasteiger charge is 2.38. The van der Waals surface area contributed by atoms with Crippen LogP contribution in [-0.2, 0) is 9.53 Å². The molecule has 5 nitrogen and oxygen atoms in total. The molecule has 0 spiro atoms. The van der Waals surface area contributed by atoms with Crippen LogP contribution in [0.5, 0.6) is 5.75 Å². The van der Waals surface area contributed by atoms with Gasteiger partial charge >= 0.3 is 0 Å². The minimum absolute atomic E-state index is 0.0893. The van der Waals surface area contributed by atoms with E-state index >= 15 is 0 Å². The number of nitrogens with one attached hydrogen (secondary N) is 1. The van der Waals surface area contributed by atoms with Gasteiger partial charge in [-0.1, -0.05) is 19.1 Å². The average Bonchev–Trinajstić information content (AvgIpc) is 2.81. The van der Waals surface area contributed by atoms with Gasteiger partial charge < -0.3 is 14.4 Å². The van der Waals surface area contributed by atoms with Gasteiger partial charge in [-0.05, 0) is 24.1 Å². The summed E-state index contributed by atoms with van der Waals surface area (Å²) < 4.78 is 10.3. The van der Waals surface area contributed by atoms with E-state index in [0.717, 1.165) is 17.7 Å². The van der Waals surface area contributed by atoms with Crippen LogP contribution in [0.25, 0.3) is 0 Å². The van der Waals surface area contributed by atoms with Crippen LogP contribution < -0.4 is 10.1 Å². The molecule has 5 heteroatoms. The van der Waals surface area contributed by atoms with Crippen LogP contribution in [0.2, 0.25) is 0 Å². The van der Waals surface area contributed by atoms with Crippen LogP contribution in [0.4, 0.5) is 0 Å². The lowest BCUT2D eigenvalue weighted by Crippen LogP contribution is -2.33. The van der Waals surface area contributed by atoms with E-state index in [1.165, 1.54) is 0 Å². The molecule has 2 unspecified atom stereocenters. The zero-order valence-corrected chi connectivity index (χ0v) is 12.3. The zero-order valence-electron chi connectivity index (χ0n) is 12.3. The van der Waals surface area contributed by atoms with Crippen molar-refractivity contribution in [3.63, 3.8) is 0 Å². The van der Waals surface area contributed by atoms with E-state index in [1.54, 1.807) is 14.2 Å². The van der Waals surface area contributed by atoms with Crippen LogP contribution in [-0.4, -0.2) is 44.2 Å². The molecule has 1 aliphatic heterocycles. The number of carbonyl (C=O) groups excluding carboxylic acids is 1. The molecule has 1 heterocycles. The Balaban J connectivity index is 2.19. The zero-order chi connectivity index (χ0) is 14.5. The van der Waals surface area contributed by atoms with Crippen molar-refractivity contribution in [3.8, 4) is 5.75 Å². The number of ether oxygens (including phenoxy) is 2. The van der Waals surface area contributed by atoms with Crippen molar-refractivity contribution in [2.75, 3.05) is 27.4 Å². The summed E-state index contributed by atoms with van der Waals surface area (Å²) in [6.07, 6.45) is 0.697. The molecule has 20 heavy (non-hydrogen) atoms. The predicted molar refractivity (Wildman–Crippen MR) is 76.5 cm³/mol. The van der Waals surface area contributed by atoms with Crippen LogP contribution in [0.15, 0.2) is 24.3 Å². The Bertz CT molecular complexity index is 447. The highest BCUT2D eigenvalue weighted by molar-refractivity contribution is 5.84. The molecule has 1 saturated heterocycles. The Labute approximate surface area is 119 Å². The van der Waals surface area contributed by atoms with Crippen LogP contribution in [0.1, 0.15) is 25.1 Å². The van der Waals surface area contributed by atoms with Crippen molar-refractivity contribution < 1.29 is 14.3 Å². The molecule has 2 rings (SSSR count). The maximum Gasteiger partial charge on any atom is 0.241 e. The minimum Gasteiger partial charge on any atom is -0.497 e. The van der Waals surface area contributed by atoms with Crippen LogP contribution in [0, 0.1) is 0 Å². The summed E-state index contributed by atoms with van der Waals surface area (Å²) in [6.45, 7) is 3.15. The van der Waals surface area contributed by atoms with Crippen molar-refractivity contribution in [3.05, 3.63) is 29.8 Å². The number of carbonyl (C=O) groups is 1.